The van der Waals surface area contributed by atoms with E-state index in [0.717, 1.165) is 24.2 Å². The lowest BCUT2D eigenvalue weighted by atomic mass is 10.2. The molecule has 100 valence electrons. The molecular formula is C15H17FN2O. The highest BCUT2D eigenvalue weighted by molar-refractivity contribution is 5.33. The van der Waals surface area contributed by atoms with E-state index < -0.39 is 0 Å². The number of hydrogen-bond acceptors (Lipinski definition) is 3. The van der Waals surface area contributed by atoms with E-state index in [1.165, 1.54) is 12.1 Å². The van der Waals surface area contributed by atoms with Crippen molar-refractivity contribution in [3.8, 4) is 11.6 Å². The van der Waals surface area contributed by atoms with E-state index in [0.29, 0.717) is 11.6 Å². The number of nitrogens with one attached hydrogen (secondary N) is 1. The van der Waals surface area contributed by atoms with Crippen LogP contribution in [0.1, 0.15) is 18.1 Å². The van der Waals surface area contributed by atoms with Crippen molar-refractivity contribution < 1.29 is 9.13 Å². The van der Waals surface area contributed by atoms with Gasteiger partial charge in [-0.1, -0.05) is 13.0 Å². The van der Waals surface area contributed by atoms with Crippen LogP contribution >= 0.6 is 0 Å². The number of pyridine rings is 1. The Kier molecular flexibility index (Phi) is 4.47. The summed E-state index contributed by atoms with van der Waals surface area (Å²) in [6.07, 6.45) is 1.77. The first-order valence-electron chi connectivity index (χ1n) is 6.28. The van der Waals surface area contributed by atoms with Gasteiger partial charge in [-0.25, -0.2) is 9.37 Å². The van der Waals surface area contributed by atoms with E-state index in [1.807, 2.05) is 13.0 Å². The second-order valence-corrected chi connectivity index (χ2v) is 4.31. The first-order chi connectivity index (χ1) is 9.19. The summed E-state index contributed by atoms with van der Waals surface area (Å²) in [4.78, 5) is 4.27. The van der Waals surface area contributed by atoms with Crippen molar-refractivity contribution in [2.45, 2.75) is 20.4 Å². The van der Waals surface area contributed by atoms with E-state index in [4.69, 9.17) is 4.74 Å². The summed E-state index contributed by atoms with van der Waals surface area (Å²) in [5.74, 6) is 0.639. The minimum Gasteiger partial charge on any atom is -0.439 e. The SMILES string of the molecule is CCNCc1cnc(Oc2cccc(F)c2)c(C)c1. The molecule has 0 unspecified atom stereocenters. The largest absolute Gasteiger partial charge is 0.439 e. The lowest BCUT2D eigenvalue weighted by molar-refractivity contribution is 0.453. The molecule has 3 nitrogen and oxygen atoms in total. The molecule has 0 aliphatic carbocycles. The second kappa shape index (κ2) is 6.29. The fourth-order valence-electron chi connectivity index (χ4n) is 1.74. The van der Waals surface area contributed by atoms with Crippen LogP contribution < -0.4 is 10.1 Å². The van der Waals surface area contributed by atoms with E-state index >= 15 is 0 Å². The number of hydrogen-bond donors (Lipinski definition) is 1. The molecule has 0 aliphatic rings. The van der Waals surface area contributed by atoms with Crippen LogP contribution in [0, 0.1) is 12.7 Å². The van der Waals surface area contributed by atoms with Gasteiger partial charge in [-0.15, -0.1) is 0 Å². The Hall–Kier alpha value is -1.94. The molecule has 2 aromatic rings. The topological polar surface area (TPSA) is 34.2 Å². The molecule has 1 N–H and O–H groups in total. The van der Waals surface area contributed by atoms with Crippen molar-refractivity contribution in [1.82, 2.24) is 10.3 Å². The third kappa shape index (κ3) is 3.76. The van der Waals surface area contributed by atoms with E-state index in [1.54, 1.807) is 18.3 Å². The van der Waals surface area contributed by atoms with Gasteiger partial charge in [0.15, 0.2) is 0 Å². The van der Waals surface area contributed by atoms with Crippen molar-refractivity contribution in [3.63, 3.8) is 0 Å². The average Bonchev–Trinajstić information content (AvgIpc) is 2.39. The fourth-order valence-corrected chi connectivity index (χ4v) is 1.74. The molecule has 0 amide bonds. The summed E-state index contributed by atoms with van der Waals surface area (Å²) < 4.78 is 18.6. The Balaban J connectivity index is 2.13. The van der Waals surface area contributed by atoms with Gasteiger partial charge in [0.1, 0.15) is 11.6 Å². The van der Waals surface area contributed by atoms with Crippen LogP contribution in [0.2, 0.25) is 0 Å². The summed E-state index contributed by atoms with van der Waals surface area (Å²) in [5, 5.41) is 3.24. The summed E-state index contributed by atoms with van der Waals surface area (Å²) in [5.41, 5.74) is 2.03. The molecule has 2 rings (SSSR count). The molecule has 1 heterocycles. The molecule has 0 spiro atoms. The third-order valence-electron chi connectivity index (χ3n) is 2.68. The zero-order valence-electron chi connectivity index (χ0n) is 11.1. The number of benzene rings is 1. The van der Waals surface area contributed by atoms with Gasteiger partial charge in [0.2, 0.25) is 5.88 Å². The minimum absolute atomic E-state index is 0.320. The van der Waals surface area contributed by atoms with Crippen LogP contribution in [0.4, 0.5) is 4.39 Å². The molecule has 0 fully saturated rings. The molecule has 1 aromatic carbocycles. The number of nitrogens with zero attached hydrogens (tertiary/aromatic N) is 1. The molecule has 0 saturated carbocycles. The summed E-state index contributed by atoms with van der Waals surface area (Å²) in [6.45, 7) is 5.68. The maximum absolute atomic E-state index is 13.1. The van der Waals surface area contributed by atoms with E-state index in [9.17, 15) is 4.39 Å². The summed E-state index contributed by atoms with van der Waals surface area (Å²) >= 11 is 0. The normalized spacial score (nSPS) is 10.5. The highest BCUT2D eigenvalue weighted by Gasteiger charge is 2.05. The highest BCUT2D eigenvalue weighted by atomic mass is 19.1. The fraction of sp³-hybridized carbons (Fsp3) is 0.267. The van der Waals surface area contributed by atoms with Gasteiger partial charge in [-0.05, 0) is 37.2 Å². The summed E-state index contributed by atoms with van der Waals surface area (Å²) in [6, 6.07) is 8.06. The average molecular weight is 260 g/mol. The van der Waals surface area contributed by atoms with Gasteiger partial charge in [-0.3, -0.25) is 0 Å². The minimum atomic E-state index is -0.320. The zero-order valence-corrected chi connectivity index (χ0v) is 11.1. The van der Waals surface area contributed by atoms with Crippen LogP contribution in [-0.4, -0.2) is 11.5 Å². The first-order valence-corrected chi connectivity index (χ1v) is 6.28. The Morgan fingerprint density at radius 2 is 2.16 bits per heavy atom. The quantitative estimate of drug-likeness (QED) is 0.894. The van der Waals surface area contributed by atoms with Crippen LogP contribution in [0.15, 0.2) is 36.5 Å². The maximum atomic E-state index is 13.1. The Labute approximate surface area is 112 Å². The molecule has 0 aliphatic heterocycles. The van der Waals surface area contributed by atoms with Gasteiger partial charge >= 0.3 is 0 Å². The molecular weight excluding hydrogens is 243 g/mol. The van der Waals surface area contributed by atoms with Crippen molar-refractivity contribution in [2.24, 2.45) is 0 Å². The van der Waals surface area contributed by atoms with Gasteiger partial charge < -0.3 is 10.1 Å². The lowest BCUT2D eigenvalue weighted by Gasteiger charge is -2.09. The van der Waals surface area contributed by atoms with Crippen molar-refractivity contribution in [3.05, 3.63) is 53.5 Å². The smallest absolute Gasteiger partial charge is 0.222 e. The number of rotatable bonds is 5. The second-order valence-electron chi connectivity index (χ2n) is 4.31. The van der Waals surface area contributed by atoms with Gasteiger partial charge in [-0.2, -0.15) is 0 Å². The van der Waals surface area contributed by atoms with E-state index in [2.05, 4.69) is 17.2 Å². The van der Waals surface area contributed by atoms with Crippen LogP contribution in [0.3, 0.4) is 0 Å². The first kappa shape index (κ1) is 13.5. The standard InChI is InChI=1S/C15H17FN2O/c1-3-17-9-12-7-11(2)15(18-10-12)19-14-6-4-5-13(16)8-14/h4-8,10,17H,3,9H2,1-2H3. The molecule has 0 radical (unpaired) electrons. The predicted molar refractivity (Wildman–Crippen MR) is 72.8 cm³/mol. The molecule has 4 heteroatoms. The van der Waals surface area contributed by atoms with Crippen molar-refractivity contribution in [2.75, 3.05) is 6.54 Å². The molecule has 0 bridgehead atoms. The van der Waals surface area contributed by atoms with Crippen LogP contribution in [0.5, 0.6) is 11.6 Å². The molecule has 1 aromatic heterocycles. The molecule has 19 heavy (non-hydrogen) atoms. The Bertz CT molecular complexity index is 558. The molecule has 0 saturated heterocycles. The number of halogens is 1. The predicted octanol–water partition coefficient (Wildman–Crippen LogP) is 3.43. The lowest BCUT2D eigenvalue weighted by Crippen LogP contribution is -2.12. The Morgan fingerprint density at radius 3 is 2.84 bits per heavy atom. The summed E-state index contributed by atoms with van der Waals surface area (Å²) in [7, 11) is 0. The number of aromatic nitrogens is 1. The van der Waals surface area contributed by atoms with Crippen LogP contribution in [0.25, 0.3) is 0 Å². The number of aryl methyl sites for hydroxylation is 1. The Morgan fingerprint density at radius 1 is 1.32 bits per heavy atom. The van der Waals surface area contributed by atoms with Gasteiger partial charge in [0, 0.05) is 24.4 Å². The third-order valence-corrected chi connectivity index (χ3v) is 2.68. The molecule has 0 atom stereocenters. The van der Waals surface area contributed by atoms with Crippen molar-refractivity contribution in [1.29, 1.82) is 0 Å². The van der Waals surface area contributed by atoms with Crippen molar-refractivity contribution >= 4 is 0 Å². The highest BCUT2D eigenvalue weighted by Crippen LogP contribution is 2.23. The van der Waals surface area contributed by atoms with E-state index in [-0.39, 0.29) is 5.82 Å². The zero-order chi connectivity index (χ0) is 13.7. The van der Waals surface area contributed by atoms with Gasteiger partial charge in [0.05, 0.1) is 0 Å². The van der Waals surface area contributed by atoms with Crippen LogP contribution in [-0.2, 0) is 6.54 Å². The van der Waals surface area contributed by atoms with Gasteiger partial charge in [0.25, 0.3) is 0 Å². The number of ether oxygens (including phenoxy) is 1. The monoisotopic (exact) mass is 260 g/mol. The maximum Gasteiger partial charge on any atom is 0.222 e.